The summed E-state index contributed by atoms with van der Waals surface area (Å²) in [5.74, 6) is 0.123. The van der Waals surface area contributed by atoms with Gasteiger partial charge in [-0.3, -0.25) is 9.78 Å². The van der Waals surface area contributed by atoms with Crippen molar-refractivity contribution in [3.05, 3.63) is 78.7 Å². The molecule has 0 unspecified atom stereocenters. The number of rotatable bonds is 11. The lowest BCUT2D eigenvalue weighted by molar-refractivity contribution is -0.112. The Morgan fingerprint density at radius 1 is 0.957 bits per heavy atom. The van der Waals surface area contributed by atoms with Crippen LogP contribution in [0.4, 0.5) is 0 Å². The van der Waals surface area contributed by atoms with Gasteiger partial charge in [0.05, 0.1) is 0 Å². The predicted molar refractivity (Wildman–Crippen MR) is 98.3 cm³/mol. The zero-order valence-corrected chi connectivity index (χ0v) is 14.0. The quantitative estimate of drug-likeness (QED) is 0.237. The number of nitrogens with zero attached hydrogens (tertiary/aromatic N) is 1. The molecule has 0 saturated carbocycles. The van der Waals surface area contributed by atoms with Crippen molar-refractivity contribution in [2.75, 3.05) is 0 Å². The van der Waals surface area contributed by atoms with Gasteiger partial charge in [-0.15, -0.1) is 0 Å². The second-order valence-electron chi connectivity index (χ2n) is 5.37. The van der Waals surface area contributed by atoms with Gasteiger partial charge in [-0.1, -0.05) is 48.6 Å². The van der Waals surface area contributed by atoms with E-state index in [0.29, 0.717) is 0 Å². The van der Waals surface area contributed by atoms with Gasteiger partial charge in [0.1, 0.15) is 0 Å². The fraction of sp³-hybridized carbons (Fsp3) is 0.333. The lowest BCUT2D eigenvalue weighted by Gasteiger charge is -1.93. The molecule has 0 fully saturated rings. The number of aromatic nitrogens is 1. The van der Waals surface area contributed by atoms with Crippen molar-refractivity contribution in [3.8, 4) is 0 Å². The second kappa shape index (κ2) is 13.4. The van der Waals surface area contributed by atoms with Crippen LogP contribution in [0, 0.1) is 0 Å². The molecule has 0 N–H and O–H groups in total. The molecule has 2 heteroatoms. The first kappa shape index (κ1) is 18.8. The number of allylic oxidation sites excluding steroid dienone is 8. The summed E-state index contributed by atoms with van der Waals surface area (Å²) in [5.41, 5.74) is 1.11. The van der Waals surface area contributed by atoms with E-state index in [1.165, 1.54) is 0 Å². The highest BCUT2D eigenvalue weighted by atomic mass is 16.1. The first-order valence-corrected chi connectivity index (χ1v) is 8.32. The Bertz CT molecular complexity index is 538. The molecule has 0 radical (unpaired) electrons. The maximum Gasteiger partial charge on any atom is 0.152 e. The highest BCUT2D eigenvalue weighted by Gasteiger charge is 1.86. The summed E-state index contributed by atoms with van der Waals surface area (Å²) >= 11 is 0. The van der Waals surface area contributed by atoms with Crippen molar-refractivity contribution in [1.29, 1.82) is 0 Å². The molecule has 0 aliphatic rings. The van der Waals surface area contributed by atoms with Crippen LogP contribution in [0.5, 0.6) is 0 Å². The Kier molecular flexibility index (Phi) is 11.0. The third kappa shape index (κ3) is 12.0. The SMILES string of the molecule is CC(=O)/C=C/CCC/C=C/C=C/CC/C=C/Cc1ccccn1. The van der Waals surface area contributed by atoms with E-state index in [9.17, 15) is 4.79 Å². The van der Waals surface area contributed by atoms with E-state index in [0.717, 1.165) is 44.2 Å². The number of carbonyl (C=O) groups is 1. The topological polar surface area (TPSA) is 30.0 Å². The van der Waals surface area contributed by atoms with E-state index in [4.69, 9.17) is 0 Å². The van der Waals surface area contributed by atoms with Gasteiger partial charge in [0, 0.05) is 18.3 Å². The largest absolute Gasteiger partial charge is 0.295 e. The van der Waals surface area contributed by atoms with Gasteiger partial charge in [-0.05, 0) is 57.2 Å². The molecule has 1 aromatic rings. The van der Waals surface area contributed by atoms with Crippen molar-refractivity contribution in [3.63, 3.8) is 0 Å². The first-order valence-electron chi connectivity index (χ1n) is 8.32. The Labute approximate surface area is 140 Å². The minimum atomic E-state index is 0.123. The van der Waals surface area contributed by atoms with Gasteiger partial charge in [0.25, 0.3) is 0 Å². The van der Waals surface area contributed by atoms with E-state index in [2.05, 4.69) is 41.4 Å². The highest BCUT2D eigenvalue weighted by Crippen LogP contribution is 2.00. The minimum Gasteiger partial charge on any atom is -0.295 e. The summed E-state index contributed by atoms with van der Waals surface area (Å²) in [6.45, 7) is 1.58. The fourth-order valence-corrected chi connectivity index (χ4v) is 1.99. The molecule has 1 rings (SSSR count). The lowest BCUT2D eigenvalue weighted by atomic mass is 10.2. The van der Waals surface area contributed by atoms with E-state index < -0.39 is 0 Å². The van der Waals surface area contributed by atoms with E-state index >= 15 is 0 Å². The Morgan fingerprint density at radius 3 is 2.43 bits per heavy atom. The van der Waals surface area contributed by atoms with Crippen LogP contribution in [0.15, 0.2) is 73.0 Å². The summed E-state index contributed by atoms with van der Waals surface area (Å²) in [5, 5.41) is 0. The van der Waals surface area contributed by atoms with Crippen molar-refractivity contribution in [2.24, 2.45) is 0 Å². The molecule has 23 heavy (non-hydrogen) atoms. The number of hydrogen-bond donors (Lipinski definition) is 0. The number of ketones is 1. The highest BCUT2D eigenvalue weighted by molar-refractivity contribution is 5.87. The third-order valence-corrected chi connectivity index (χ3v) is 3.20. The molecule has 0 aliphatic heterocycles. The van der Waals surface area contributed by atoms with E-state index in [1.54, 1.807) is 13.0 Å². The van der Waals surface area contributed by atoms with Gasteiger partial charge in [-0.25, -0.2) is 0 Å². The van der Waals surface area contributed by atoms with Gasteiger partial charge < -0.3 is 0 Å². The molecule has 1 aromatic heterocycles. The summed E-state index contributed by atoms with van der Waals surface area (Å²) in [6, 6.07) is 6.00. The first-order chi connectivity index (χ1) is 11.3. The Balaban J connectivity index is 1.99. The van der Waals surface area contributed by atoms with Crippen molar-refractivity contribution < 1.29 is 4.79 Å². The normalized spacial score (nSPS) is 12.2. The molecule has 0 atom stereocenters. The lowest BCUT2D eigenvalue weighted by Crippen LogP contribution is -1.84. The molecule has 0 aromatic carbocycles. The van der Waals surface area contributed by atoms with Gasteiger partial charge in [-0.2, -0.15) is 0 Å². The molecule has 0 saturated heterocycles. The van der Waals surface area contributed by atoms with Gasteiger partial charge >= 0.3 is 0 Å². The summed E-state index contributed by atoms with van der Waals surface area (Å²) < 4.78 is 0. The van der Waals surface area contributed by atoms with E-state index in [-0.39, 0.29) is 5.78 Å². The Morgan fingerprint density at radius 2 is 1.70 bits per heavy atom. The molecule has 0 bridgehead atoms. The van der Waals surface area contributed by atoms with Crippen LogP contribution >= 0.6 is 0 Å². The predicted octanol–water partition coefficient (Wildman–Crippen LogP) is 5.39. The summed E-state index contributed by atoms with van der Waals surface area (Å²) in [7, 11) is 0. The Hall–Kier alpha value is -2.22. The van der Waals surface area contributed by atoms with Crippen LogP contribution in [0.2, 0.25) is 0 Å². The number of carbonyl (C=O) groups excluding carboxylic acids is 1. The van der Waals surface area contributed by atoms with Crippen LogP contribution in [-0.2, 0) is 11.2 Å². The fourth-order valence-electron chi connectivity index (χ4n) is 1.99. The second-order valence-corrected chi connectivity index (χ2v) is 5.37. The maximum atomic E-state index is 10.7. The van der Waals surface area contributed by atoms with Crippen molar-refractivity contribution >= 4 is 5.78 Å². The zero-order chi connectivity index (χ0) is 16.6. The van der Waals surface area contributed by atoms with Crippen LogP contribution < -0.4 is 0 Å². The molecule has 122 valence electrons. The number of hydrogen-bond acceptors (Lipinski definition) is 2. The average molecular weight is 309 g/mol. The molecule has 1 heterocycles. The van der Waals surface area contributed by atoms with Crippen LogP contribution in [0.25, 0.3) is 0 Å². The van der Waals surface area contributed by atoms with Crippen LogP contribution in [-0.4, -0.2) is 10.8 Å². The van der Waals surface area contributed by atoms with Gasteiger partial charge in [0.15, 0.2) is 5.78 Å². The van der Waals surface area contributed by atoms with Crippen molar-refractivity contribution in [1.82, 2.24) is 4.98 Å². The monoisotopic (exact) mass is 309 g/mol. The molecule has 0 amide bonds. The molecule has 0 aliphatic carbocycles. The molecular formula is C21H27NO. The molecule has 2 nitrogen and oxygen atoms in total. The third-order valence-electron chi connectivity index (χ3n) is 3.20. The number of pyridine rings is 1. The van der Waals surface area contributed by atoms with Crippen LogP contribution in [0.3, 0.4) is 0 Å². The van der Waals surface area contributed by atoms with Crippen LogP contribution in [0.1, 0.15) is 44.7 Å². The molecular weight excluding hydrogens is 282 g/mol. The standard InChI is InChI=1S/C21H27NO/c1-20(23)16-12-10-8-6-4-2-3-5-7-9-11-13-17-21-18-14-15-19-22-21/h2-5,11-16,18-19H,6-10,17H2,1H3/b4-2+,5-3+,13-11+,16-12+. The summed E-state index contributed by atoms with van der Waals surface area (Å²) in [4.78, 5) is 15.0. The number of unbranched alkanes of at least 4 members (excludes halogenated alkanes) is 3. The van der Waals surface area contributed by atoms with Gasteiger partial charge in [0.2, 0.25) is 0 Å². The minimum absolute atomic E-state index is 0.123. The zero-order valence-electron chi connectivity index (χ0n) is 14.0. The maximum absolute atomic E-state index is 10.7. The molecule has 0 spiro atoms. The average Bonchev–Trinajstić information content (AvgIpc) is 2.56. The summed E-state index contributed by atoms with van der Waals surface area (Å²) in [6.07, 6.45) is 24.5. The smallest absolute Gasteiger partial charge is 0.152 e. The van der Waals surface area contributed by atoms with E-state index in [1.807, 2.05) is 30.5 Å². The van der Waals surface area contributed by atoms with Crippen molar-refractivity contribution in [2.45, 2.75) is 45.4 Å².